The van der Waals surface area contributed by atoms with Crippen molar-refractivity contribution in [2.75, 3.05) is 11.9 Å². The van der Waals surface area contributed by atoms with E-state index in [1.165, 1.54) is 17.4 Å². The van der Waals surface area contributed by atoms with Crippen LogP contribution in [0, 0.1) is 0 Å². The molecular weight excluding hydrogens is 426 g/mol. The van der Waals surface area contributed by atoms with Crippen LogP contribution in [0.15, 0.2) is 72.1 Å². The molecule has 0 atom stereocenters. The van der Waals surface area contributed by atoms with Crippen molar-refractivity contribution in [2.24, 2.45) is 0 Å². The lowest BCUT2D eigenvalue weighted by atomic mass is 9.98. The number of pyridine rings is 1. The first-order chi connectivity index (χ1) is 15.6. The summed E-state index contributed by atoms with van der Waals surface area (Å²) in [6, 6.07) is 21.0. The number of carboxylic acid groups (broad SMARTS) is 1. The standard InChI is InChI=1S/C24H17N3O4S/c28-22(29)20-11-5-10-19(25-20)21-13-32-23(26-21)27-24(30)31-12-18-16-8-3-1-6-14(16)15-7-2-4-9-17(15)18/h1-11,13,18H,12H2,(H,28,29)(H,26,27,30). The first-order valence-corrected chi connectivity index (χ1v) is 10.8. The molecule has 158 valence electrons. The Balaban J connectivity index is 1.27. The molecule has 1 amide bonds. The molecule has 1 aliphatic carbocycles. The maximum atomic E-state index is 12.4. The summed E-state index contributed by atoms with van der Waals surface area (Å²) in [4.78, 5) is 31.9. The van der Waals surface area contributed by atoms with E-state index >= 15 is 0 Å². The van der Waals surface area contributed by atoms with Crippen LogP contribution in [-0.2, 0) is 4.74 Å². The molecule has 7 nitrogen and oxygen atoms in total. The van der Waals surface area contributed by atoms with Gasteiger partial charge in [-0.25, -0.2) is 19.6 Å². The summed E-state index contributed by atoms with van der Waals surface area (Å²) in [5, 5.41) is 13.8. The number of amides is 1. The van der Waals surface area contributed by atoms with E-state index in [-0.39, 0.29) is 18.2 Å². The minimum Gasteiger partial charge on any atom is -0.477 e. The van der Waals surface area contributed by atoms with E-state index in [4.69, 9.17) is 9.84 Å². The lowest BCUT2D eigenvalue weighted by Crippen LogP contribution is -2.17. The van der Waals surface area contributed by atoms with Crippen LogP contribution in [-0.4, -0.2) is 33.7 Å². The second kappa shape index (κ2) is 8.24. The second-order valence-electron chi connectivity index (χ2n) is 7.20. The van der Waals surface area contributed by atoms with Crippen molar-refractivity contribution in [3.8, 4) is 22.5 Å². The Morgan fingerprint density at radius 1 is 0.906 bits per heavy atom. The summed E-state index contributed by atoms with van der Waals surface area (Å²) in [7, 11) is 0. The summed E-state index contributed by atoms with van der Waals surface area (Å²) in [6.07, 6.45) is -0.597. The van der Waals surface area contributed by atoms with Crippen molar-refractivity contribution in [2.45, 2.75) is 5.92 Å². The highest BCUT2D eigenvalue weighted by Gasteiger charge is 2.29. The number of nitrogens with one attached hydrogen (secondary N) is 1. The number of carboxylic acids is 1. The van der Waals surface area contributed by atoms with Gasteiger partial charge in [0, 0.05) is 11.3 Å². The van der Waals surface area contributed by atoms with Crippen LogP contribution in [0.1, 0.15) is 27.5 Å². The van der Waals surface area contributed by atoms with E-state index in [1.54, 1.807) is 17.5 Å². The average molecular weight is 443 g/mol. The van der Waals surface area contributed by atoms with Crippen LogP contribution in [0.25, 0.3) is 22.5 Å². The SMILES string of the molecule is O=C(Nc1nc(-c2cccc(C(=O)O)n2)cs1)OCC1c2ccccc2-c2ccccc21. The fourth-order valence-corrected chi connectivity index (χ4v) is 4.56. The number of hydrogen-bond acceptors (Lipinski definition) is 6. The molecule has 0 saturated carbocycles. The van der Waals surface area contributed by atoms with Gasteiger partial charge in [0.25, 0.3) is 0 Å². The molecule has 0 aliphatic heterocycles. The molecule has 0 saturated heterocycles. The molecule has 2 aromatic heterocycles. The monoisotopic (exact) mass is 443 g/mol. The van der Waals surface area contributed by atoms with Crippen LogP contribution in [0.5, 0.6) is 0 Å². The van der Waals surface area contributed by atoms with E-state index in [0.29, 0.717) is 16.5 Å². The van der Waals surface area contributed by atoms with Gasteiger partial charge in [0.2, 0.25) is 0 Å². The third kappa shape index (κ3) is 3.72. The molecule has 0 fully saturated rings. The third-order valence-corrected chi connectivity index (χ3v) is 6.05. The van der Waals surface area contributed by atoms with Crippen LogP contribution in [0.4, 0.5) is 9.93 Å². The number of aromatic nitrogens is 2. The number of hydrogen-bond donors (Lipinski definition) is 2. The Hall–Kier alpha value is -4.04. The zero-order chi connectivity index (χ0) is 22.1. The first-order valence-electron chi connectivity index (χ1n) is 9.88. The van der Waals surface area contributed by atoms with E-state index in [2.05, 4.69) is 39.6 Å². The van der Waals surface area contributed by atoms with Crippen molar-refractivity contribution < 1.29 is 19.4 Å². The minimum absolute atomic E-state index is 0.0250. The second-order valence-corrected chi connectivity index (χ2v) is 8.06. The fourth-order valence-electron chi connectivity index (χ4n) is 3.87. The number of aromatic carboxylic acids is 1. The number of benzene rings is 2. The van der Waals surface area contributed by atoms with E-state index < -0.39 is 12.1 Å². The number of anilines is 1. The van der Waals surface area contributed by atoms with Crippen LogP contribution in [0.3, 0.4) is 0 Å². The van der Waals surface area contributed by atoms with Gasteiger partial charge in [-0.05, 0) is 34.4 Å². The molecule has 8 heteroatoms. The molecule has 4 aromatic rings. The number of thiazole rings is 1. The van der Waals surface area contributed by atoms with Gasteiger partial charge in [-0.1, -0.05) is 54.6 Å². The largest absolute Gasteiger partial charge is 0.477 e. The van der Waals surface area contributed by atoms with Crippen molar-refractivity contribution in [3.05, 3.63) is 88.9 Å². The maximum absolute atomic E-state index is 12.4. The summed E-state index contributed by atoms with van der Waals surface area (Å²) in [6.45, 7) is 0.209. The van der Waals surface area contributed by atoms with Gasteiger partial charge in [-0.3, -0.25) is 5.32 Å². The van der Waals surface area contributed by atoms with Gasteiger partial charge in [0.05, 0.1) is 5.69 Å². The van der Waals surface area contributed by atoms with Crippen molar-refractivity contribution in [1.29, 1.82) is 0 Å². The van der Waals surface area contributed by atoms with Gasteiger partial charge >= 0.3 is 12.1 Å². The highest BCUT2D eigenvalue weighted by atomic mass is 32.1. The van der Waals surface area contributed by atoms with Gasteiger partial charge in [-0.2, -0.15) is 0 Å². The summed E-state index contributed by atoms with van der Waals surface area (Å²) >= 11 is 1.21. The van der Waals surface area contributed by atoms with Gasteiger partial charge in [0.15, 0.2) is 5.13 Å². The molecule has 0 unspecified atom stereocenters. The number of nitrogens with zero attached hydrogens (tertiary/aromatic N) is 2. The molecule has 0 bridgehead atoms. The number of carbonyl (C=O) groups is 2. The lowest BCUT2D eigenvalue weighted by molar-refractivity contribution is 0.0690. The molecule has 0 radical (unpaired) electrons. The molecule has 2 N–H and O–H groups in total. The Labute approximate surface area is 187 Å². The van der Waals surface area contributed by atoms with Gasteiger partial charge < -0.3 is 9.84 Å². The first kappa shape index (κ1) is 19.9. The van der Waals surface area contributed by atoms with Crippen molar-refractivity contribution in [3.63, 3.8) is 0 Å². The quantitative estimate of drug-likeness (QED) is 0.436. The Bertz CT molecular complexity index is 1290. The highest BCUT2D eigenvalue weighted by molar-refractivity contribution is 7.14. The molecule has 5 rings (SSSR count). The number of carbonyl (C=O) groups excluding carboxylic acids is 1. The Morgan fingerprint density at radius 3 is 2.28 bits per heavy atom. The normalized spacial score (nSPS) is 12.1. The van der Waals surface area contributed by atoms with E-state index in [0.717, 1.165) is 22.3 Å². The minimum atomic E-state index is -1.11. The van der Waals surface area contributed by atoms with Crippen LogP contribution >= 0.6 is 11.3 Å². The summed E-state index contributed by atoms with van der Waals surface area (Å²) in [5.41, 5.74) is 5.44. The predicted molar refractivity (Wildman–Crippen MR) is 121 cm³/mol. The maximum Gasteiger partial charge on any atom is 0.413 e. The number of rotatable bonds is 5. The highest BCUT2D eigenvalue weighted by Crippen LogP contribution is 2.44. The van der Waals surface area contributed by atoms with Crippen molar-refractivity contribution >= 4 is 28.5 Å². The van der Waals surface area contributed by atoms with Gasteiger partial charge in [0.1, 0.15) is 18.0 Å². The van der Waals surface area contributed by atoms with E-state index in [9.17, 15) is 9.59 Å². The smallest absolute Gasteiger partial charge is 0.413 e. The number of ether oxygens (including phenoxy) is 1. The summed E-state index contributed by atoms with van der Waals surface area (Å²) < 4.78 is 5.53. The lowest BCUT2D eigenvalue weighted by Gasteiger charge is -2.14. The average Bonchev–Trinajstić information content (AvgIpc) is 3.40. The Morgan fingerprint density at radius 2 is 1.59 bits per heavy atom. The molecule has 32 heavy (non-hydrogen) atoms. The molecule has 1 aliphatic rings. The van der Waals surface area contributed by atoms with E-state index in [1.807, 2.05) is 24.3 Å². The van der Waals surface area contributed by atoms with Crippen LogP contribution < -0.4 is 5.32 Å². The summed E-state index contributed by atoms with van der Waals surface area (Å²) in [5.74, 6) is -1.14. The topological polar surface area (TPSA) is 101 Å². The Kier molecular flexibility index (Phi) is 5.12. The zero-order valence-electron chi connectivity index (χ0n) is 16.7. The fraction of sp³-hybridized carbons (Fsp3) is 0.0833. The molecule has 2 aromatic carbocycles. The zero-order valence-corrected chi connectivity index (χ0v) is 17.5. The molecular formula is C24H17N3O4S. The third-order valence-electron chi connectivity index (χ3n) is 5.29. The molecule has 2 heterocycles. The van der Waals surface area contributed by atoms with Gasteiger partial charge in [-0.15, -0.1) is 11.3 Å². The number of fused-ring (bicyclic) bond motifs is 3. The predicted octanol–water partition coefficient (Wildman–Crippen LogP) is 5.26. The molecule has 0 spiro atoms. The van der Waals surface area contributed by atoms with Crippen LogP contribution in [0.2, 0.25) is 0 Å². The van der Waals surface area contributed by atoms with Crippen molar-refractivity contribution in [1.82, 2.24) is 9.97 Å².